The minimum atomic E-state index is 0.904. The molecule has 20 heavy (non-hydrogen) atoms. The highest BCUT2D eigenvalue weighted by molar-refractivity contribution is 5.78. The van der Waals surface area contributed by atoms with Crippen molar-refractivity contribution in [3.8, 4) is 0 Å². The molecule has 1 aromatic heterocycles. The molecule has 0 aliphatic heterocycles. The van der Waals surface area contributed by atoms with Crippen LogP contribution in [0.4, 0.5) is 0 Å². The van der Waals surface area contributed by atoms with Crippen LogP contribution in [-0.2, 0) is 6.54 Å². The van der Waals surface area contributed by atoms with Crippen LogP contribution in [0, 0.1) is 17.8 Å². The Morgan fingerprint density at radius 1 is 1.00 bits per heavy atom. The van der Waals surface area contributed by atoms with Gasteiger partial charge in [0.2, 0.25) is 0 Å². The molecular weight excluding hydrogens is 244 g/mol. The maximum absolute atomic E-state index is 4.73. The monoisotopic (exact) mass is 266 g/mol. The van der Waals surface area contributed by atoms with Gasteiger partial charge in [-0.05, 0) is 62.1 Å². The summed E-state index contributed by atoms with van der Waals surface area (Å²) in [5.74, 6) is 2.99. The van der Waals surface area contributed by atoms with Crippen molar-refractivity contribution in [1.29, 1.82) is 0 Å². The van der Waals surface area contributed by atoms with Gasteiger partial charge in [-0.2, -0.15) is 0 Å². The first-order chi connectivity index (χ1) is 9.90. The largest absolute Gasteiger partial charge is 0.311 e. The predicted octanol–water partition coefficient (Wildman–Crippen LogP) is 3.76. The molecule has 104 valence electrons. The number of benzene rings is 1. The molecule has 1 aromatic carbocycles. The van der Waals surface area contributed by atoms with Crippen molar-refractivity contribution in [3.05, 3.63) is 42.1 Å². The Kier molecular flexibility index (Phi) is 3.19. The Hall–Kier alpha value is -1.41. The fourth-order valence-electron chi connectivity index (χ4n) is 3.34. The number of pyridine rings is 1. The van der Waals surface area contributed by atoms with E-state index in [1.807, 2.05) is 0 Å². The van der Waals surface area contributed by atoms with Crippen LogP contribution in [-0.4, -0.2) is 11.5 Å². The minimum Gasteiger partial charge on any atom is -0.311 e. The fourth-order valence-corrected chi connectivity index (χ4v) is 3.34. The number of fused-ring (bicyclic) bond motifs is 1. The van der Waals surface area contributed by atoms with Gasteiger partial charge < -0.3 is 5.32 Å². The molecule has 0 atom stereocenters. The number of rotatable bonds is 6. The zero-order chi connectivity index (χ0) is 13.4. The maximum atomic E-state index is 4.73. The van der Waals surface area contributed by atoms with Gasteiger partial charge in [-0.3, -0.25) is 4.98 Å². The summed E-state index contributed by atoms with van der Waals surface area (Å²) >= 11 is 0. The van der Waals surface area contributed by atoms with Gasteiger partial charge in [-0.25, -0.2) is 0 Å². The highest BCUT2D eigenvalue weighted by atomic mass is 14.9. The van der Waals surface area contributed by atoms with Crippen LogP contribution in [0.5, 0.6) is 0 Å². The number of para-hydroxylation sites is 1. The smallest absolute Gasteiger partial charge is 0.0705 e. The van der Waals surface area contributed by atoms with Crippen molar-refractivity contribution >= 4 is 10.9 Å². The van der Waals surface area contributed by atoms with Crippen LogP contribution in [0.2, 0.25) is 0 Å². The van der Waals surface area contributed by atoms with E-state index in [1.165, 1.54) is 37.6 Å². The molecule has 0 radical (unpaired) electrons. The number of nitrogens with one attached hydrogen (secondary N) is 1. The Labute approximate surface area is 120 Å². The number of hydrogen-bond donors (Lipinski definition) is 1. The number of aromatic nitrogens is 1. The summed E-state index contributed by atoms with van der Waals surface area (Å²) in [4.78, 5) is 4.73. The summed E-state index contributed by atoms with van der Waals surface area (Å²) in [5, 5.41) is 4.87. The highest BCUT2D eigenvalue weighted by Gasteiger charge is 2.40. The Balaban J connectivity index is 1.37. The van der Waals surface area contributed by atoms with E-state index < -0.39 is 0 Å². The number of nitrogens with zero attached hydrogens (tertiary/aromatic N) is 1. The van der Waals surface area contributed by atoms with Crippen molar-refractivity contribution in [2.75, 3.05) is 6.54 Å². The summed E-state index contributed by atoms with van der Waals surface area (Å²) in [7, 11) is 0. The maximum Gasteiger partial charge on any atom is 0.0705 e. The van der Waals surface area contributed by atoms with Crippen molar-refractivity contribution in [1.82, 2.24) is 10.3 Å². The van der Waals surface area contributed by atoms with E-state index in [0.717, 1.165) is 35.5 Å². The van der Waals surface area contributed by atoms with Crippen molar-refractivity contribution in [2.45, 2.75) is 32.2 Å². The molecule has 0 amide bonds. The molecular formula is C18H22N2. The van der Waals surface area contributed by atoms with Gasteiger partial charge in [0, 0.05) is 11.9 Å². The molecule has 0 saturated heterocycles. The van der Waals surface area contributed by atoms with E-state index in [-0.39, 0.29) is 0 Å². The summed E-state index contributed by atoms with van der Waals surface area (Å²) in [6.45, 7) is 2.09. The lowest BCUT2D eigenvalue weighted by molar-refractivity contribution is 0.378. The normalized spacial score (nSPS) is 18.9. The van der Waals surface area contributed by atoms with Gasteiger partial charge >= 0.3 is 0 Å². The van der Waals surface area contributed by atoms with Crippen molar-refractivity contribution in [2.24, 2.45) is 17.8 Å². The first-order valence-corrected chi connectivity index (χ1v) is 7.95. The lowest BCUT2D eigenvalue weighted by Crippen LogP contribution is -2.25. The fraction of sp³-hybridized carbons (Fsp3) is 0.500. The third-order valence-electron chi connectivity index (χ3n) is 4.80. The molecule has 2 aliphatic carbocycles. The van der Waals surface area contributed by atoms with Gasteiger partial charge in [-0.1, -0.05) is 24.3 Å². The molecule has 1 heterocycles. The van der Waals surface area contributed by atoms with Gasteiger partial charge in [-0.15, -0.1) is 0 Å². The van der Waals surface area contributed by atoms with Crippen LogP contribution in [0.25, 0.3) is 10.9 Å². The first kappa shape index (κ1) is 12.3. The Morgan fingerprint density at radius 3 is 2.50 bits per heavy atom. The molecule has 1 N–H and O–H groups in total. The summed E-state index contributed by atoms with van der Waals surface area (Å²) in [6.07, 6.45) is 5.88. The number of hydrogen-bond acceptors (Lipinski definition) is 2. The van der Waals surface area contributed by atoms with Crippen LogP contribution >= 0.6 is 0 Å². The molecule has 2 heteroatoms. The summed E-state index contributed by atoms with van der Waals surface area (Å²) in [6, 6.07) is 12.7. The van der Waals surface area contributed by atoms with Crippen molar-refractivity contribution in [3.63, 3.8) is 0 Å². The van der Waals surface area contributed by atoms with Gasteiger partial charge in [0.25, 0.3) is 0 Å². The minimum absolute atomic E-state index is 0.904. The SMILES string of the molecule is c1ccc2nc(CNCC(C3CC3)C3CC3)ccc2c1. The second-order valence-electron chi connectivity index (χ2n) is 6.46. The van der Waals surface area contributed by atoms with Gasteiger partial charge in [0.1, 0.15) is 0 Å². The topological polar surface area (TPSA) is 24.9 Å². The molecule has 0 unspecified atom stereocenters. The van der Waals surface area contributed by atoms with Crippen LogP contribution < -0.4 is 5.32 Å². The lowest BCUT2D eigenvalue weighted by atomic mass is 9.98. The zero-order valence-electron chi connectivity index (χ0n) is 11.9. The average Bonchev–Trinajstić information content (AvgIpc) is 3.37. The molecule has 2 fully saturated rings. The van der Waals surface area contributed by atoms with Crippen LogP contribution in [0.15, 0.2) is 36.4 Å². The third kappa shape index (κ3) is 2.71. The van der Waals surface area contributed by atoms with E-state index in [2.05, 4.69) is 41.7 Å². The van der Waals surface area contributed by atoms with E-state index in [4.69, 9.17) is 4.98 Å². The molecule has 2 aromatic rings. The molecule has 2 nitrogen and oxygen atoms in total. The van der Waals surface area contributed by atoms with Crippen molar-refractivity contribution < 1.29 is 0 Å². The van der Waals surface area contributed by atoms with E-state index in [9.17, 15) is 0 Å². The third-order valence-corrected chi connectivity index (χ3v) is 4.80. The van der Waals surface area contributed by atoms with E-state index >= 15 is 0 Å². The molecule has 0 bridgehead atoms. The Bertz CT molecular complexity index is 587. The highest BCUT2D eigenvalue weighted by Crippen LogP contribution is 2.48. The molecule has 2 aliphatic rings. The first-order valence-electron chi connectivity index (χ1n) is 7.95. The predicted molar refractivity (Wildman–Crippen MR) is 82.4 cm³/mol. The second kappa shape index (κ2) is 5.17. The van der Waals surface area contributed by atoms with Gasteiger partial charge in [0.15, 0.2) is 0 Å². The second-order valence-corrected chi connectivity index (χ2v) is 6.46. The standard InChI is InChI=1S/C18H22N2/c1-2-4-18-15(3-1)9-10-16(20-18)11-19-12-17(13-5-6-13)14-7-8-14/h1-4,9-10,13-14,17,19H,5-8,11-12H2. The van der Waals surface area contributed by atoms with E-state index in [1.54, 1.807) is 0 Å². The zero-order valence-corrected chi connectivity index (χ0v) is 11.9. The Morgan fingerprint density at radius 2 is 1.75 bits per heavy atom. The quantitative estimate of drug-likeness (QED) is 0.861. The van der Waals surface area contributed by atoms with E-state index in [0.29, 0.717) is 0 Å². The lowest BCUT2D eigenvalue weighted by Gasteiger charge is -2.16. The van der Waals surface area contributed by atoms with Crippen LogP contribution in [0.3, 0.4) is 0 Å². The molecule has 0 spiro atoms. The van der Waals surface area contributed by atoms with Gasteiger partial charge in [0.05, 0.1) is 11.2 Å². The van der Waals surface area contributed by atoms with Crippen LogP contribution in [0.1, 0.15) is 31.4 Å². The molecule has 2 saturated carbocycles. The molecule has 4 rings (SSSR count). The average molecular weight is 266 g/mol. The summed E-state index contributed by atoms with van der Waals surface area (Å²) < 4.78 is 0. The summed E-state index contributed by atoms with van der Waals surface area (Å²) in [5.41, 5.74) is 2.27.